The lowest BCUT2D eigenvalue weighted by Gasteiger charge is -2.22. The predicted octanol–water partition coefficient (Wildman–Crippen LogP) is 14.6. The fourth-order valence-corrected chi connectivity index (χ4v) is 9.16. The van der Waals surface area contributed by atoms with E-state index in [2.05, 4.69) is 121 Å². The Kier molecular flexibility index (Phi) is 12.2. The van der Waals surface area contributed by atoms with Crippen LogP contribution in [-0.2, 0) is 6.54 Å². The van der Waals surface area contributed by atoms with Gasteiger partial charge in [0.05, 0.1) is 53.7 Å². The fourth-order valence-electron chi connectivity index (χ4n) is 9.16. The molecule has 7 nitrogen and oxygen atoms in total. The number of ether oxygens (including phenoxy) is 6. The summed E-state index contributed by atoms with van der Waals surface area (Å²) in [6, 6.07) is 55.5. The molecule has 0 spiro atoms. The maximum absolute atomic E-state index is 5.74. The zero-order chi connectivity index (χ0) is 45.0. The molecule has 65 heavy (non-hydrogen) atoms. The van der Waals surface area contributed by atoms with Gasteiger partial charge in [0, 0.05) is 28.4 Å². The molecule has 0 amide bonds. The van der Waals surface area contributed by atoms with Crippen molar-refractivity contribution in [1.29, 1.82) is 0 Å². The minimum atomic E-state index is 0.788. The quantitative estimate of drug-likeness (QED) is 0.102. The molecule has 0 fully saturated rings. The molecule has 0 N–H and O–H groups in total. The first-order valence-electron chi connectivity index (χ1n) is 22.0. The number of hydrogen-bond acceptors (Lipinski definition) is 6. The second-order valence-corrected chi connectivity index (χ2v) is 16.0. The second-order valence-electron chi connectivity index (χ2n) is 16.0. The molecule has 1 heterocycles. The van der Waals surface area contributed by atoms with E-state index in [0.29, 0.717) is 0 Å². The van der Waals surface area contributed by atoms with Crippen molar-refractivity contribution in [2.45, 2.75) is 26.3 Å². The number of benzene rings is 8. The van der Waals surface area contributed by atoms with E-state index in [1.165, 1.54) is 0 Å². The Morgan fingerprint density at radius 1 is 0.323 bits per heavy atom. The van der Waals surface area contributed by atoms with E-state index in [1.807, 2.05) is 48.5 Å². The Morgan fingerprint density at radius 2 is 0.569 bits per heavy atom. The van der Waals surface area contributed by atoms with Gasteiger partial charge in [-0.1, -0.05) is 86.1 Å². The van der Waals surface area contributed by atoms with Crippen molar-refractivity contribution in [2.24, 2.45) is 0 Å². The minimum Gasteiger partial charge on any atom is -0.497 e. The largest absolute Gasteiger partial charge is 0.497 e. The number of hydrogen-bond donors (Lipinski definition) is 0. The number of aromatic nitrogens is 1. The van der Waals surface area contributed by atoms with Gasteiger partial charge in [-0.15, -0.1) is 0 Å². The van der Waals surface area contributed by atoms with Gasteiger partial charge in [-0.25, -0.2) is 0 Å². The first-order chi connectivity index (χ1) is 31.9. The van der Waals surface area contributed by atoms with Crippen LogP contribution in [0.15, 0.2) is 158 Å². The Balaban J connectivity index is 1.55. The van der Waals surface area contributed by atoms with Crippen LogP contribution in [0.25, 0.3) is 88.6 Å². The molecule has 0 aliphatic carbocycles. The molecule has 0 unspecified atom stereocenters. The molecule has 0 radical (unpaired) electrons. The maximum Gasteiger partial charge on any atom is 0.118 e. The van der Waals surface area contributed by atoms with Gasteiger partial charge in [0.15, 0.2) is 0 Å². The smallest absolute Gasteiger partial charge is 0.118 e. The summed E-state index contributed by atoms with van der Waals surface area (Å²) in [5.41, 5.74) is 15.5. The van der Waals surface area contributed by atoms with Gasteiger partial charge in [-0.05, 0) is 147 Å². The lowest BCUT2D eigenvalue weighted by Crippen LogP contribution is -2.03. The average Bonchev–Trinajstić information content (AvgIpc) is 3.69. The number of methoxy groups -OCH3 is 6. The number of rotatable bonds is 15. The number of unbranched alkanes of at least 4 members (excludes halogenated alkanes) is 1. The lowest BCUT2D eigenvalue weighted by molar-refractivity contribution is 0.414. The zero-order valence-corrected chi connectivity index (χ0v) is 38.0. The fraction of sp³-hybridized carbons (Fsp3) is 0.172. The maximum atomic E-state index is 5.74. The van der Waals surface area contributed by atoms with Crippen LogP contribution in [0.5, 0.6) is 34.5 Å². The van der Waals surface area contributed by atoms with Crippen LogP contribution in [0, 0.1) is 0 Å². The van der Waals surface area contributed by atoms with Crippen molar-refractivity contribution in [3.63, 3.8) is 0 Å². The number of nitrogens with zero attached hydrogens (tertiary/aromatic N) is 1. The molecule has 0 atom stereocenters. The third-order valence-electron chi connectivity index (χ3n) is 12.5. The highest BCUT2D eigenvalue weighted by molar-refractivity contribution is 6.23. The molecule has 8 aromatic carbocycles. The topological polar surface area (TPSA) is 60.3 Å². The molecular weight excluding hydrogens is 807 g/mol. The number of aryl methyl sites for hydroxylation is 1. The van der Waals surface area contributed by atoms with Gasteiger partial charge >= 0.3 is 0 Å². The highest BCUT2D eigenvalue weighted by atomic mass is 16.5. The van der Waals surface area contributed by atoms with Gasteiger partial charge < -0.3 is 33.0 Å². The summed E-state index contributed by atoms with van der Waals surface area (Å²) in [5.74, 6) is 4.78. The Bertz CT molecular complexity index is 2870. The van der Waals surface area contributed by atoms with E-state index >= 15 is 0 Å². The van der Waals surface area contributed by atoms with Crippen molar-refractivity contribution in [1.82, 2.24) is 4.57 Å². The van der Waals surface area contributed by atoms with Crippen LogP contribution >= 0.6 is 0 Å². The van der Waals surface area contributed by atoms with Gasteiger partial charge in [-0.2, -0.15) is 0 Å². The first kappa shape index (κ1) is 42.7. The molecule has 0 aliphatic rings. The van der Waals surface area contributed by atoms with Crippen LogP contribution in [0.1, 0.15) is 19.8 Å². The monoisotopic (exact) mass is 859 g/mol. The van der Waals surface area contributed by atoms with Gasteiger partial charge in [0.1, 0.15) is 34.5 Å². The SMILES string of the molecule is CCCCn1c2c(-c3ccc(OC)cc3)c(-c3ccc(OC)cc3)c(-c3ccc(OC)cc3)cc2c2cc(-c3ccc(OC)cc3)c(-c3ccc(OC)cc3)c(-c3ccc(OC)cc3)c21. The Labute approximate surface area is 381 Å². The van der Waals surface area contributed by atoms with Crippen LogP contribution in [-0.4, -0.2) is 47.2 Å². The van der Waals surface area contributed by atoms with E-state index in [1.54, 1.807) is 42.7 Å². The summed E-state index contributed by atoms with van der Waals surface area (Å²) in [6.07, 6.45) is 1.99. The molecule has 326 valence electrons. The molecule has 9 rings (SSSR count). The van der Waals surface area contributed by atoms with E-state index in [-0.39, 0.29) is 0 Å². The summed E-state index contributed by atoms with van der Waals surface area (Å²) in [5, 5.41) is 2.30. The van der Waals surface area contributed by atoms with Gasteiger partial charge in [0.25, 0.3) is 0 Å². The summed E-state index contributed by atoms with van der Waals surface area (Å²) < 4.78 is 36.8. The highest BCUT2D eigenvalue weighted by Crippen LogP contribution is 2.53. The molecule has 0 saturated heterocycles. The van der Waals surface area contributed by atoms with E-state index in [9.17, 15) is 0 Å². The van der Waals surface area contributed by atoms with Crippen LogP contribution < -0.4 is 28.4 Å². The zero-order valence-electron chi connectivity index (χ0n) is 38.0. The van der Waals surface area contributed by atoms with Crippen molar-refractivity contribution in [2.75, 3.05) is 42.7 Å². The van der Waals surface area contributed by atoms with Crippen LogP contribution in [0.2, 0.25) is 0 Å². The molecule has 0 aliphatic heterocycles. The minimum absolute atomic E-state index is 0.788. The predicted molar refractivity (Wildman–Crippen MR) is 266 cm³/mol. The average molecular weight is 860 g/mol. The summed E-state index contributed by atoms with van der Waals surface area (Å²) in [6.45, 7) is 3.05. The first-order valence-corrected chi connectivity index (χ1v) is 22.0. The lowest BCUT2D eigenvalue weighted by atomic mass is 9.84. The summed E-state index contributed by atoms with van der Waals surface area (Å²) >= 11 is 0. The van der Waals surface area contributed by atoms with Gasteiger partial charge in [-0.3, -0.25) is 0 Å². The second kappa shape index (κ2) is 18.6. The third-order valence-corrected chi connectivity index (χ3v) is 12.5. The van der Waals surface area contributed by atoms with Crippen molar-refractivity contribution >= 4 is 21.8 Å². The van der Waals surface area contributed by atoms with E-state index in [0.717, 1.165) is 142 Å². The highest BCUT2D eigenvalue weighted by Gasteiger charge is 2.28. The molecule has 7 heteroatoms. The molecule has 0 bridgehead atoms. The standard InChI is InChI=1S/C58H53NO6/c1-8-9-34-59-57-51(35-49(37-10-22-43(60-2)23-11-37)53(39-14-26-45(62-4)27-15-39)55(57)41-18-30-47(64-6)31-19-41)52-36-50(38-12-24-44(61-3)25-13-38)54(40-16-28-46(63-5)29-17-40)56(58(52)59)42-20-32-48(65-7)33-21-42/h10-33,35-36H,8-9,34H2,1-7H3. The Morgan fingerprint density at radius 3 is 0.815 bits per heavy atom. The van der Waals surface area contributed by atoms with Gasteiger partial charge in [0.2, 0.25) is 0 Å². The molecule has 0 saturated carbocycles. The number of fused-ring (bicyclic) bond motifs is 3. The molecule has 9 aromatic rings. The summed E-state index contributed by atoms with van der Waals surface area (Å²) in [4.78, 5) is 0. The molecule has 1 aromatic heterocycles. The summed E-state index contributed by atoms with van der Waals surface area (Å²) in [7, 11) is 10.3. The van der Waals surface area contributed by atoms with Crippen LogP contribution in [0.4, 0.5) is 0 Å². The van der Waals surface area contributed by atoms with Crippen LogP contribution in [0.3, 0.4) is 0 Å². The van der Waals surface area contributed by atoms with Crippen molar-refractivity contribution < 1.29 is 28.4 Å². The van der Waals surface area contributed by atoms with Crippen molar-refractivity contribution in [3.05, 3.63) is 158 Å². The normalized spacial score (nSPS) is 11.2. The van der Waals surface area contributed by atoms with E-state index in [4.69, 9.17) is 28.4 Å². The molecular formula is C58H53NO6. The third kappa shape index (κ3) is 7.99. The Hall–Kier alpha value is -7.64. The van der Waals surface area contributed by atoms with E-state index < -0.39 is 0 Å². The van der Waals surface area contributed by atoms with Crippen molar-refractivity contribution in [3.8, 4) is 101 Å².